The van der Waals surface area contributed by atoms with Crippen molar-refractivity contribution in [2.75, 3.05) is 7.11 Å². The highest BCUT2D eigenvalue weighted by Gasteiger charge is 2.37. The Bertz CT molecular complexity index is 810. The minimum atomic E-state index is -0.421. The van der Waals surface area contributed by atoms with Gasteiger partial charge in [-0.3, -0.25) is 9.59 Å². The van der Waals surface area contributed by atoms with Gasteiger partial charge in [-0.2, -0.15) is 0 Å². The van der Waals surface area contributed by atoms with Crippen LogP contribution in [-0.4, -0.2) is 18.9 Å². The zero-order valence-electron chi connectivity index (χ0n) is 15.2. The summed E-state index contributed by atoms with van der Waals surface area (Å²) in [5.41, 5.74) is 1.40. The molecule has 1 aliphatic rings. The van der Waals surface area contributed by atoms with Crippen LogP contribution in [0.1, 0.15) is 48.7 Å². The Morgan fingerprint density at radius 3 is 2.42 bits per heavy atom. The van der Waals surface area contributed by atoms with Crippen molar-refractivity contribution in [3.05, 3.63) is 53.6 Å². The van der Waals surface area contributed by atoms with Crippen molar-refractivity contribution in [2.45, 2.75) is 32.8 Å². The fourth-order valence-corrected chi connectivity index (χ4v) is 3.28. The van der Waals surface area contributed by atoms with Crippen LogP contribution in [0.15, 0.2) is 42.5 Å². The van der Waals surface area contributed by atoms with Crippen molar-refractivity contribution in [3.8, 4) is 17.2 Å². The molecule has 136 valence electrons. The fraction of sp³-hybridized carbons (Fsp3) is 0.333. The highest BCUT2D eigenvalue weighted by atomic mass is 16.5. The van der Waals surface area contributed by atoms with Crippen LogP contribution in [0, 0.1) is 5.92 Å². The number of fused-ring (bicyclic) bond motifs is 1. The van der Waals surface area contributed by atoms with Crippen LogP contribution in [0.2, 0.25) is 0 Å². The molecule has 0 amide bonds. The van der Waals surface area contributed by atoms with Crippen molar-refractivity contribution >= 4 is 11.8 Å². The van der Waals surface area contributed by atoms with Crippen LogP contribution in [0.25, 0.3) is 0 Å². The molecular weight excluding hydrogens is 332 g/mol. The number of hydrogen-bond donors (Lipinski definition) is 0. The summed E-state index contributed by atoms with van der Waals surface area (Å²) in [5, 5.41) is 0. The summed E-state index contributed by atoms with van der Waals surface area (Å²) in [6, 6.07) is 12.5. The Kier molecular flexibility index (Phi) is 5.26. The van der Waals surface area contributed by atoms with Crippen molar-refractivity contribution in [1.29, 1.82) is 0 Å². The lowest BCUT2D eigenvalue weighted by Crippen LogP contribution is -2.31. The Labute approximate surface area is 152 Å². The van der Waals surface area contributed by atoms with Crippen LogP contribution in [0.5, 0.6) is 17.2 Å². The first-order chi connectivity index (χ1) is 12.5. The monoisotopic (exact) mass is 354 g/mol. The number of Topliss-reactive ketones (excluding diaryl/α,β-unsaturated/α-hetero) is 1. The van der Waals surface area contributed by atoms with E-state index < -0.39 is 5.97 Å². The lowest BCUT2D eigenvalue weighted by Gasteiger charge is -2.33. The molecule has 3 rings (SSSR count). The van der Waals surface area contributed by atoms with Gasteiger partial charge in [-0.25, -0.2) is 0 Å². The molecular formula is C21H22O5. The summed E-state index contributed by atoms with van der Waals surface area (Å²) in [6.45, 7) is 3.38. The second kappa shape index (κ2) is 7.60. The summed E-state index contributed by atoms with van der Waals surface area (Å²) in [5.74, 6) is 0.937. The summed E-state index contributed by atoms with van der Waals surface area (Å²) < 4.78 is 16.5. The zero-order valence-corrected chi connectivity index (χ0v) is 15.2. The summed E-state index contributed by atoms with van der Waals surface area (Å²) in [6.07, 6.45) is 1.23. The number of carbonyl (C=O) groups excluding carboxylic acids is 2. The van der Waals surface area contributed by atoms with Gasteiger partial charge in [-0.1, -0.05) is 25.5 Å². The van der Waals surface area contributed by atoms with E-state index in [-0.39, 0.29) is 17.8 Å². The first kappa shape index (κ1) is 18.0. The van der Waals surface area contributed by atoms with Gasteiger partial charge < -0.3 is 14.2 Å². The Balaban J connectivity index is 1.97. The minimum Gasteiger partial charge on any atom is -0.497 e. The molecule has 0 N–H and O–H groups in total. The standard InChI is InChI=1S/C21H22O5/c1-4-5-17-20(23)18-12-16(25-13(2)22)10-11-19(18)26-21(17)14-6-8-15(24-3)9-7-14/h6-12,17,21H,4-5H2,1-3H3. The molecule has 0 saturated carbocycles. The molecule has 0 bridgehead atoms. The molecule has 5 nitrogen and oxygen atoms in total. The fourth-order valence-electron chi connectivity index (χ4n) is 3.28. The van der Waals surface area contributed by atoms with Crippen molar-refractivity contribution in [3.63, 3.8) is 0 Å². The van der Waals surface area contributed by atoms with E-state index in [9.17, 15) is 9.59 Å². The van der Waals surface area contributed by atoms with Crippen molar-refractivity contribution < 1.29 is 23.8 Å². The van der Waals surface area contributed by atoms with Crippen molar-refractivity contribution in [1.82, 2.24) is 0 Å². The summed E-state index contributed by atoms with van der Waals surface area (Å²) >= 11 is 0. The predicted molar refractivity (Wildman–Crippen MR) is 96.8 cm³/mol. The van der Waals surface area contributed by atoms with E-state index >= 15 is 0 Å². The lowest BCUT2D eigenvalue weighted by atomic mass is 9.83. The third-order valence-electron chi connectivity index (χ3n) is 4.48. The molecule has 0 fully saturated rings. The van der Waals surface area contributed by atoms with E-state index in [0.29, 0.717) is 23.5 Å². The Morgan fingerprint density at radius 1 is 1.12 bits per heavy atom. The molecule has 2 aromatic rings. The molecule has 1 aliphatic heterocycles. The molecule has 26 heavy (non-hydrogen) atoms. The lowest BCUT2D eigenvalue weighted by molar-refractivity contribution is -0.131. The van der Waals surface area contributed by atoms with Crippen molar-refractivity contribution in [2.24, 2.45) is 5.92 Å². The molecule has 2 aromatic carbocycles. The largest absolute Gasteiger partial charge is 0.497 e. The minimum absolute atomic E-state index is 0.0166. The number of benzene rings is 2. The molecule has 0 radical (unpaired) electrons. The predicted octanol–water partition coefficient (Wildman–Crippen LogP) is 4.35. The molecule has 2 unspecified atom stereocenters. The second-order valence-corrected chi connectivity index (χ2v) is 6.32. The topological polar surface area (TPSA) is 61.8 Å². The molecule has 1 heterocycles. The number of hydrogen-bond acceptors (Lipinski definition) is 5. The van der Waals surface area contributed by atoms with E-state index in [1.54, 1.807) is 25.3 Å². The summed E-state index contributed by atoms with van der Waals surface area (Å²) in [4.78, 5) is 24.3. The number of carbonyl (C=O) groups is 2. The van der Waals surface area contributed by atoms with Gasteiger partial charge in [0.25, 0.3) is 0 Å². The average Bonchev–Trinajstić information content (AvgIpc) is 2.64. The van der Waals surface area contributed by atoms with Gasteiger partial charge in [0.2, 0.25) is 0 Å². The average molecular weight is 354 g/mol. The quantitative estimate of drug-likeness (QED) is 0.590. The SMILES string of the molecule is CCCC1C(=O)c2cc(OC(C)=O)ccc2OC1c1ccc(OC)cc1. The summed E-state index contributed by atoms with van der Waals surface area (Å²) in [7, 11) is 1.62. The first-order valence-corrected chi connectivity index (χ1v) is 8.70. The Morgan fingerprint density at radius 2 is 1.81 bits per heavy atom. The number of ketones is 1. The van der Waals surface area contributed by atoms with Gasteiger partial charge in [-0.05, 0) is 42.3 Å². The van der Waals surface area contributed by atoms with Gasteiger partial charge in [0.1, 0.15) is 23.4 Å². The second-order valence-electron chi connectivity index (χ2n) is 6.32. The number of rotatable bonds is 5. The van der Waals surface area contributed by atoms with Crippen LogP contribution in [-0.2, 0) is 4.79 Å². The molecule has 5 heteroatoms. The van der Waals surface area contributed by atoms with Crippen LogP contribution in [0.3, 0.4) is 0 Å². The van der Waals surface area contributed by atoms with E-state index in [2.05, 4.69) is 0 Å². The van der Waals surface area contributed by atoms with Crippen LogP contribution >= 0.6 is 0 Å². The van der Waals surface area contributed by atoms with Gasteiger partial charge >= 0.3 is 5.97 Å². The van der Waals surface area contributed by atoms with Gasteiger partial charge in [0.15, 0.2) is 5.78 Å². The first-order valence-electron chi connectivity index (χ1n) is 8.70. The third kappa shape index (κ3) is 3.57. The normalized spacial score (nSPS) is 18.7. The van der Waals surface area contributed by atoms with Crippen LogP contribution in [0.4, 0.5) is 0 Å². The Hall–Kier alpha value is -2.82. The molecule has 0 spiro atoms. The smallest absolute Gasteiger partial charge is 0.308 e. The van der Waals surface area contributed by atoms with E-state index in [1.807, 2.05) is 31.2 Å². The zero-order chi connectivity index (χ0) is 18.7. The van der Waals surface area contributed by atoms with E-state index in [0.717, 1.165) is 17.7 Å². The van der Waals surface area contributed by atoms with Gasteiger partial charge in [-0.15, -0.1) is 0 Å². The molecule has 0 aliphatic carbocycles. The maximum absolute atomic E-state index is 13.1. The molecule has 0 saturated heterocycles. The van der Waals surface area contributed by atoms with E-state index in [1.165, 1.54) is 6.92 Å². The molecule has 0 aromatic heterocycles. The molecule has 2 atom stereocenters. The highest BCUT2D eigenvalue weighted by Crippen LogP contribution is 2.42. The maximum Gasteiger partial charge on any atom is 0.308 e. The maximum atomic E-state index is 13.1. The van der Waals surface area contributed by atoms with Gasteiger partial charge in [0.05, 0.1) is 18.6 Å². The van der Waals surface area contributed by atoms with Crippen LogP contribution < -0.4 is 14.2 Å². The van der Waals surface area contributed by atoms with Gasteiger partial charge in [0, 0.05) is 6.92 Å². The third-order valence-corrected chi connectivity index (χ3v) is 4.48. The number of esters is 1. The highest BCUT2D eigenvalue weighted by molar-refractivity contribution is 6.02. The number of methoxy groups -OCH3 is 1. The number of ether oxygens (including phenoxy) is 3. The van der Waals surface area contributed by atoms with E-state index in [4.69, 9.17) is 14.2 Å².